The van der Waals surface area contributed by atoms with E-state index in [1.54, 1.807) is 0 Å². The molecule has 0 aromatic heterocycles. The first-order chi connectivity index (χ1) is 8.63. The molecule has 2 N–H and O–H groups in total. The van der Waals surface area contributed by atoms with Crippen LogP contribution in [0.4, 0.5) is 4.39 Å². The Hall–Kier alpha value is -0.410. The molecule has 0 radical (unpaired) electrons. The van der Waals surface area contributed by atoms with Crippen LogP contribution in [0.3, 0.4) is 0 Å². The smallest absolute Gasteiger partial charge is 0.141 e. The topological polar surface area (TPSA) is 26.0 Å². The standard InChI is InChI=1S/C15H21BrFN/c1-2-11-8-12(14(17)13(16)9-11)15(10-18)6-4-3-5-7-15/h8-9H,2-7,10,18H2,1H3. The van der Waals surface area contributed by atoms with Crippen LogP contribution in [0.1, 0.15) is 50.2 Å². The molecule has 3 heteroatoms. The monoisotopic (exact) mass is 313 g/mol. The van der Waals surface area contributed by atoms with Crippen LogP contribution >= 0.6 is 15.9 Å². The molecule has 0 unspecified atom stereocenters. The zero-order valence-corrected chi connectivity index (χ0v) is 12.5. The van der Waals surface area contributed by atoms with Crippen LogP contribution < -0.4 is 5.73 Å². The van der Waals surface area contributed by atoms with Gasteiger partial charge in [0.1, 0.15) is 5.82 Å². The number of nitrogens with two attached hydrogens (primary N) is 1. The first-order valence-corrected chi connectivity index (χ1v) is 7.61. The maximum atomic E-state index is 14.4. The molecule has 0 aliphatic heterocycles. The van der Waals surface area contributed by atoms with Crippen molar-refractivity contribution in [2.24, 2.45) is 5.73 Å². The zero-order valence-electron chi connectivity index (χ0n) is 10.9. The van der Waals surface area contributed by atoms with Gasteiger partial charge in [-0.05, 0) is 52.4 Å². The molecule has 1 aliphatic rings. The molecule has 0 bridgehead atoms. The fraction of sp³-hybridized carbons (Fsp3) is 0.600. The number of aryl methyl sites for hydroxylation is 1. The summed E-state index contributed by atoms with van der Waals surface area (Å²) in [4.78, 5) is 0. The van der Waals surface area contributed by atoms with Crippen LogP contribution in [0.15, 0.2) is 16.6 Å². The molecule has 18 heavy (non-hydrogen) atoms. The van der Waals surface area contributed by atoms with E-state index in [1.165, 1.54) is 12.0 Å². The van der Waals surface area contributed by atoms with Gasteiger partial charge in [0, 0.05) is 12.0 Å². The largest absolute Gasteiger partial charge is 0.330 e. The fourth-order valence-electron chi connectivity index (χ4n) is 3.05. The Morgan fingerprint density at radius 2 is 1.94 bits per heavy atom. The van der Waals surface area contributed by atoms with Crippen molar-refractivity contribution < 1.29 is 4.39 Å². The van der Waals surface area contributed by atoms with Crippen molar-refractivity contribution in [3.63, 3.8) is 0 Å². The van der Waals surface area contributed by atoms with Gasteiger partial charge in [0.25, 0.3) is 0 Å². The lowest BCUT2D eigenvalue weighted by molar-refractivity contribution is 0.291. The summed E-state index contributed by atoms with van der Waals surface area (Å²) >= 11 is 3.34. The molecule has 2 rings (SSSR count). The second kappa shape index (κ2) is 5.70. The maximum absolute atomic E-state index is 14.4. The number of rotatable bonds is 3. The normalized spacial score (nSPS) is 18.9. The van der Waals surface area contributed by atoms with Crippen molar-refractivity contribution in [2.75, 3.05) is 6.54 Å². The van der Waals surface area contributed by atoms with E-state index in [1.807, 2.05) is 12.1 Å². The Labute approximate surface area is 117 Å². The van der Waals surface area contributed by atoms with Gasteiger partial charge >= 0.3 is 0 Å². The minimum Gasteiger partial charge on any atom is -0.330 e. The number of halogens is 2. The first-order valence-electron chi connectivity index (χ1n) is 6.81. The number of benzene rings is 1. The first kappa shape index (κ1) is 14.0. The summed E-state index contributed by atoms with van der Waals surface area (Å²) in [6.07, 6.45) is 6.51. The van der Waals surface area contributed by atoms with Gasteiger partial charge in [0.05, 0.1) is 4.47 Å². The molecular weight excluding hydrogens is 293 g/mol. The molecule has 0 amide bonds. The lowest BCUT2D eigenvalue weighted by Gasteiger charge is -2.37. The molecule has 1 saturated carbocycles. The third-order valence-corrected chi connectivity index (χ3v) is 4.85. The highest BCUT2D eigenvalue weighted by molar-refractivity contribution is 9.10. The van der Waals surface area contributed by atoms with Crippen LogP contribution in [0.25, 0.3) is 0 Å². The molecule has 0 saturated heterocycles. The van der Waals surface area contributed by atoms with Gasteiger partial charge in [0.15, 0.2) is 0 Å². The van der Waals surface area contributed by atoms with Crippen molar-refractivity contribution >= 4 is 15.9 Å². The summed E-state index contributed by atoms with van der Waals surface area (Å²) in [7, 11) is 0. The van der Waals surface area contributed by atoms with E-state index in [-0.39, 0.29) is 11.2 Å². The Kier molecular flexibility index (Phi) is 4.44. The molecule has 0 spiro atoms. The third-order valence-electron chi connectivity index (χ3n) is 4.27. The van der Waals surface area contributed by atoms with Gasteiger partial charge < -0.3 is 5.73 Å². The molecule has 1 fully saturated rings. The van der Waals surface area contributed by atoms with E-state index in [9.17, 15) is 4.39 Å². The van der Waals surface area contributed by atoms with Gasteiger partial charge in [-0.25, -0.2) is 4.39 Å². The van der Waals surface area contributed by atoms with E-state index >= 15 is 0 Å². The summed E-state index contributed by atoms with van der Waals surface area (Å²) in [5.74, 6) is -0.112. The quantitative estimate of drug-likeness (QED) is 0.884. The molecule has 0 atom stereocenters. The summed E-state index contributed by atoms with van der Waals surface area (Å²) < 4.78 is 15.0. The van der Waals surface area contributed by atoms with Crippen molar-refractivity contribution in [1.82, 2.24) is 0 Å². The van der Waals surface area contributed by atoms with Crippen LogP contribution in [-0.2, 0) is 11.8 Å². The lowest BCUT2D eigenvalue weighted by atomic mass is 9.69. The Balaban J connectivity index is 2.50. The van der Waals surface area contributed by atoms with E-state index in [4.69, 9.17) is 5.73 Å². The SMILES string of the molecule is CCc1cc(Br)c(F)c(C2(CN)CCCCC2)c1. The predicted molar refractivity (Wildman–Crippen MR) is 77.3 cm³/mol. The highest BCUT2D eigenvalue weighted by Crippen LogP contribution is 2.41. The maximum Gasteiger partial charge on any atom is 0.141 e. The van der Waals surface area contributed by atoms with Crippen molar-refractivity contribution in [2.45, 2.75) is 50.9 Å². The van der Waals surface area contributed by atoms with E-state index in [0.717, 1.165) is 37.7 Å². The van der Waals surface area contributed by atoms with Crippen LogP contribution in [0, 0.1) is 5.82 Å². The highest BCUT2D eigenvalue weighted by atomic mass is 79.9. The van der Waals surface area contributed by atoms with Gasteiger partial charge in [-0.3, -0.25) is 0 Å². The second-order valence-electron chi connectivity index (χ2n) is 5.34. The van der Waals surface area contributed by atoms with E-state index < -0.39 is 0 Å². The summed E-state index contributed by atoms with van der Waals surface area (Å²) in [6.45, 7) is 2.64. The summed E-state index contributed by atoms with van der Waals surface area (Å²) in [6, 6.07) is 3.91. The van der Waals surface area contributed by atoms with E-state index in [0.29, 0.717) is 11.0 Å². The molecule has 1 aliphatic carbocycles. The van der Waals surface area contributed by atoms with Gasteiger partial charge in [-0.1, -0.05) is 32.3 Å². The number of hydrogen-bond donors (Lipinski definition) is 1. The molecule has 0 heterocycles. The van der Waals surface area contributed by atoms with Gasteiger partial charge in [-0.2, -0.15) is 0 Å². The molecular formula is C15H21BrFN. The second-order valence-corrected chi connectivity index (χ2v) is 6.19. The summed E-state index contributed by atoms with van der Waals surface area (Å²) in [5.41, 5.74) is 7.86. The van der Waals surface area contributed by atoms with Crippen LogP contribution in [-0.4, -0.2) is 6.54 Å². The fourth-order valence-corrected chi connectivity index (χ4v) is 3.55. The minimum atomic E-state index is -0.143. The zero-order chi connectivity index (χ0) is 13.2. The number of hydrogen-bond acceptors (Lipinski definition) is 1. The lowest BCUT2D eigenvalue weighted by Crippen LogP contribution is -2.38. The predicted octanol–water partition coefficient (Wildman–Crippen LogP) is 4.31. The van der Waals surface area contributed by atoms with Crippen molar-refractivity contribution in [1.29, 1.82) is 0 Å². The van der Waals surface area contributed by atoms with Crippen molar-refractivity contribution in [3.8, 4) is 0 Å². The summed E-state index contributed by atoms with van der Waals surface area (Å²) in [5, 5.41) is 0. The molecule has 1 aromatic rings. The molecule has 1 aromatic carbocycles. The van der Waals surface area contributed by atoms with Crippen LogP contribution in [0.5, 0.6) is 0 Å². The van der Waals surface area contributed by atoms with Gasteiger partial charge in [0.2, 0.25) is 0 Å². The molecule has 1 nitrogen and oxygen atoms in total. The Morgan fingerprint density at radius 1 is 1.28 bits per heavy atom. The van der Waals surface area contributed by atoms with E-state index in [2.05, 4.69) is 22.9 Å². The van der Waals surface area contributed by atoms with Gasteiger partial charge in [-0.15, -0.1) is 0 Å². The average Bonchev–Trinajstić information content (AvgIpc) is 2.42. The third kappa shape index (κ3) is 2.48. The minimum absolute atomic E-state index is 0.112. The highest BCUT2D eigenvalue weighted by Gasteiger charge is 2.35. The molecule has 100 valence electrons. The Bertz CT molecular complexity index is 425. The van der Waals surface area contributed by atoms with Crippen LogP contribution in [0.2, 0.25) is 0 Å². The van der Waals surface area contributed by atoms with Crippen molar-refractivity contribution in [3.05, 3.63) is 33.5 Å². The Morgan fingerprint density at radius 3 is 2.50 bits per heavy atom. The average molecular weight is 314 g/mol.